The fourth-order valence-corrected chi connectivity index (χ4v) is 5.07. The van der Waals surface area contributed by atoms with E-state index in [1.54, 1.807) is 5.57 Å². The molecule has 0 saturated heterocycles. The maximum atomic E-state index is 4.28. The Bertz CT molecular complexity index is 544. The molecule has 3 rings (SSSR count). The van der Waals surface area contributed by atoms with E-state index in [9.17, 15) is 0 Å². The third kappa shape index (κ3) is 3.63. The average Bonchev–Trinajstić information content (AvgIpc) is 2.87. The topological polar surface area (TPSA) is 0 Å². The predicted octanol–water partition coefficient (Wildman–Crippen LogP) is 7.64. The van der Waals surface area contributed by atoms with Crippen molar-refractivity contribution in [1.82, 2.24) is 0 Å². The normalized spacial score (nSPS) is 39.6. The third-order valence-corrected chi connectivity index (χ3v) is 7.05. The lowest BCUT2D eigenvalue weighted by molar-refractivity contribution is 0.147. The van der Waals surface area contributed by atoms with Gasteiger partial charge in [0.05, 0.1) is 0 Å². The van der Waals surface area contributed by atoms with Gasteiger partial charge in [-0.2, -0.15) is 0 Å². The average molecular weight is 327 g/mol. The first kappa shape index (κ1) is 19.3. The molecule has 2 unspecified atom stereocenters. The van der Waals surface area contributed by atoms with Crippen molar-refractivity contribution in [2.24, 2.45) is 23.2 Å². The zero-order valence-electron chi connectivity index (χ0n) is 16.8. The molecule has 3 saturated carbocycles. The number of allylic oxidation sites excluding steroid dienone is 6. The van der Waals surface area contributed by atoms with Crippen molar-refractivity contribution in [3.05, 3.63) is 47.6 Å². The minimum absolute atomic E-state index is 0.563. The van der Waals surface area contributed by atoms with Gasteiger partial charge in [-0.3, -0.25) is 0 Å². The SMILES string of the molecule is C=C1CC(=C)[C@H](C)C/C1=C/C=C1\CCCC2(C)C(C)CC[C@@H]12.CC. The molecule has 24 heavy (non-hydrogen) atoms. The van der Waals surface area contributed by atoms with Gasteiger partial charge in [-0.25, -0.2) is 0 Å². The Morgan fingerprint density at radius 1 is 1.08 bits per heavy atom. The first-order valence-electron chi connectivity index (χ1n) is 10.2. The van der Waals surface area contributed by atoms with Crippen molar-refractivity contribution in [1.29, 1.82) is 0 Å². The molecule has 3 aliphatic carbocycles. The van der Waals surface area contributed by atoms with Crippen molar-refractivity contribution < 1.29 is 0 Å². The van der Waals surface area contributed by atoms with Crippen LogP contribution in [0.1, 0.15) is 79.6 Å². The zero-order chi connectivity index (χ0) is 17.9. The van der Waals surface area contributed by atoms with Crippen LogP contribution in [-0.4, -0.2) is 0 Å². The molecule has 0 spiro atoms. The van der Waals surface area contributed by atoms with E-state index in [1.807, 2.05) is 13.8 Å². The highest BCUT2D eigenvalue weighted by atomic mass is 14.5. The minimum atomic E-state index is 0.563. The number of hydrogen-bond acceptors (Lipinski definition) is 0. The number of rotatable bonds is 1. The largest absolute Gasteiger partial charge is 0.0992 e. The second-order valence-electron chi connectivity index (χ2n) is 8.37. The zero-order valence-corrected chi connectivity index (χ0v) is 16.8. The van der Waals surface area contributed by atoms with Gasteiger partial charge in [-0.15, -0.1) is 0 Å². The van der Waals surface area contributed by atoms with Gasteiger partial charge in [0.1, 0.15) is 0 Å². The van der Waals surface area contributed by atoms with Crippen molar-refractivity contribution >= 4 is 0 Å². The second-order valence-corrected chi connectivity index (χ2v) is 8.37. The van der Waals surface area contributed by atoms with Crippen molar-refractivity contribution in [3.63, 3.8) is 0 Å². The van der Waals surface area contributed by atoms with Crippen LogP contribution in [0.5, 0.6) is 0 Å². The number of fused-ring (bicyclic) bond motifs is 1. The van der Waals surface area contributed by atoms with Crippen LogP contribution in [0.4, 0.5) is 0 Å². The first-order chi connectivity index (χ1) is 11.4. The van der Waals surface area contributed by atoms with Gasteiger partial charge in [0.15, 0.2) is 0 Å². The molecule has 4 atom stereocenters. The molecule has 134 valence electrons. The fourth-order valence-electron chi connectivity index (χ4n) is 5.07. The van der Waals surface area contributed by atoms with Crippen LogP contribution in [0.3, 0.4) is 0 Å². The van der Waals surface area contributed by atoms with Gasteiger partial charge in [0.2, 0.25) is 0 Å². The van der Waals surface area contributed by atoms with Gasteiger partial charge in [-0.1, -0.05) is 71.1 Å². The van der Waals surface area contributed by atoms with Gasteiger partial charge in [0, 0.05) is 0 Å². The van der Waals surface area contributed by atoms with E-state index >= 15 is 0 Å². The Kier molecular flexibility index (Phi) is 6.34. The predicted molar refractivity (Wildman–Crippen MR) is 108 cm³/mol. The van der Waals surface area contributed by atoms with Crippen LogP contribution in [0.15, 0.2) is 47.6 Å². The molecule has 0 aromatic rings. The molecule has 0 aromatic carbocycles. The van der Waals surface area contributed by atoms with E-state index in [4.69, 9.17) is 0 Å². The first-order valence-corrected chi connectivity index (χ1v) is 10.2. The molecule has 0 heteroatoms. The van der Waals surface area contributed by atoms with Crippen LogP contribution >= 0.6 is 0 Å². The molecule has 0 aliphatic heterocycles. The Balaban J connectivity index is 0.00000100. The fraction of sp³-hybridized carbons (Fsp3) is 0.667. The number of hydrogen-bond donors (Lipinski definition) is 0. The molecule has 3 aliphatic rings. The maximum absolute atomic E-state index is 4.28. The lowest BCUT2D eigenvalue weighted by Gasteiger charge is -2.41. The molecule has 0 aromatic heterocycles. The summed E-state index contributed by atoms with van der Waals surface area (Å²) in [4.78, 5) is 0. The highest BCUT2D eigenvalue weighted by molar-refractivity contribution is 5.40. The molecule has 0 amide bonds. The molecule has 3 fully saturated rings. The summed E-state index contributed by atoms with van der Waals surface area (Å²) in [5, 5.41) is 0. The highest BCUT2D eigenvalue weighted by Gasteiger charge is 2.46. The van der Waals surface area contributed by atoms with E-state index in [-0.39, 0.29) is 0 Å². The summed E-state index contributed by atoms with van der Waals surface area (Å²) in [7, 11) is 0. The second kappa shape index (κ2) is 7.89. The Morgan fingerprint density at radius 2 is 1.79 bits per heavy atom. The maximum Gasteiger partial charge on any atom is -0.00702 e. The smallest absolute Gasteiger partial charge is 0.00702 e. The summed E-state index contributed by atoms with van der Waals surface area (Å²) < 4.78 is 0. The molecule has 0 bridgehead atoms. The van der Waals surface area contributed by atoms with E-state index in [0.29, 0.717) is 11.3 Å². The van der Waals surface area contributed by atoms with Gasteiger partial charge in [0.25, 0.3) is 0 Å². The molecular weight excluding hydrogens is 288 g/mol. The van der Waals surface area contributed by atoms with Gasteiger partial charge >= 0.3 is 0 Å². The van der Waals surface area contributed by atoms with Crippen LogP contribution in [-0.2, 0) is 0 Å². The molecule has 0 heterocycles. The van der Waals surface area contributed by atoms with Crippen LogP contribution in [0, 0.1) is 23.2 Å². The Morgan fingerprint density at radius 3 is 2.50 bits per heavy atom. The minimum Gasteiger partial charge on any atom is -0.0992 e. The molecule has 0 N–H and O–H groups in total. The van der Waals surface area contributed by atoms with Crippen molar-refractivity contribution in [2.75, 3.05) is 0 Å². The molecule has 0 radical (unpaired) electrons. The summed E-state index contributed by atoms with van der Waals surface area (Å²) in [6.07, 6.45) is 13.9. The van der Waals surface area contributed by atoms with Crippen molar-refractivity contribution in [3.8, 4) is 0 Å². The van der Waals surface area contributed by atoms with E-state index in [0.717, 1.165) is 24.7 Å². The van der Waals surface area contributed by atoms with E-state index < -0.39 is 0 Å². The molecular formula is C24H38. The van der Waals surface area contributed by atoms with Crippen LogP contribution in [0.25, 0.3) is 0 Å². The van der Waals surface area contributed by atoms with E-state index in [1.165, 1.54) is 48.8 Å². The van der Waals surface area contributed by atoms with Gasteiger partial charge < -0.3 is 0 Å². The van der Waals surface area contributed by atoms with Crippen LogP contribution < -0.4 is 0 Å². The van der Waals surface area contributed by atoms with Gasteiger partial charge in [-0.05, 0) is 79.3 Å². The quantitative estimate of drug-likeness (QED) is 0.434. The lowest BCUT2D eigenvalue weighted by Crippen LogP contribution is -2.31. The summed E-state index contributed by atoms with van der Waals surface area (Å²) in [6.45, 7) is 19.8. The standard InChI is InChI=1S/C22H32.C2H6/c1-15-13-17(3)20(14-16(15)2)10-9-19-7-6-12-22(5)18(4)8-11-21(19)22;1-2/h9-10,16,18,21H,1,3,6-8,11-14H2,2,4-5H3;1-2H3/b19-9+,20-10-;/t16-,18?,21+,22?;/m1./s1. The summed E-state index contributed by atoms with van der Waals surface area (Å²) in [5.41, 5.74) is 6.39. The van der Waals surface area contributed by atoms with Crippen LogP contribution in [0.2, 0.25) is 0 Å². The Hall–Kier alpha value is -1.04. The monoisotopic (exact) mass is 326 g/mol. The third-order valence-electron chi connectivity index (χ3n) is 7.05. The lowest BCUT2D eigenvalue weighted by atomic mass is 9.64. The molecule has 0 nitrogen and oxygen atoms in total. The summed E-state index contributed by atoms with van der Waals surface area (Å²) in [5.74, 6) is 2.33. The summed E-state index contributed by atoms with van der Waals surface area (Å²) >= 11 is 0. The summed E-state index contributed by atoms with van der Waals surface area (Å²) in [6, 6.07) is 0. The Labute approximate surface area is 150 Å². The highest BCUT2D eigenvalue weighted by Crippen LogP contribution is 2.57. The van der Waals surface area contributed by atoms with E-state index in [2.05, 4.69) is 46.1 Å². The van der Waals surface area contributed by atoms with Crippen molar-refractivity contribution in [2.45, 2.75) is 79.6 Å².